The predicted molar refractivity (Wildman–Crippen MR) is 98.5 cm³/mol. The molecular formula is C20H17N3O2. The largest absolute Gasteiger partial charge is 0.459 e. The molecule has 2 heterocycles. The van der Waals surface area contributed by atoms with Crippen molar-refractivity contribution in [3.05, 3.63) is 72.8 Å². The average molecular weight is 331 g/mol. The lowest BCUT2D eigenvalue weighted by atomic mass is 10.1. The average Bonchev–Trinajstić information content (AvgIpc) is 3.06. The minimum absolute atomic E-state index is 0.246. The van der Waals surface area contributed by atoms with Gasteiger partial charge in [0.15, 0.2) is 0 Å². The van der Waals surface area contributed by atoms with Crippen LogP contribution in [0.25, 0.3) is 21.7 Å². The van der Waals surface area contributed by atoms with Crippen molar-refractivity contribution in [1.29, 1.82) is 0 Å². The maximum absolute atomic E-state index is 12.4. The Hall–Kier alpha value is -3.34. The van der Waals surface area contributed by atoms with Gasteiger partial charge in [-0.15, -0.1) is 0 Å². The Morgan fingerprint density at radius 1 is 1.08 bits per heavy atom. The molecule has 0 spiro atoms. The molecule has 124 valence electrons. The Morgan fingerprint density at radius 3 is 2.80 bits per heavy atom. The molecule has 2 amide bonds. The molecule has 0 aliphatic rings. The number of para-hydroxylation sites is 1. The van der Waals surface area contributed by atoms with Gasteiger partial charge in [-0.3, -0.25) is 4.98 Å². The van der Waals surface area contributed by atoms with Crippen LogP contribution in [0, 0.1) is 0 Å². The maximum atomic E-state index is 12.4. The molecule has 0 saturated carbocycles. The third kappa shape index (κ3) is 3.04. The molecule has 2 aromatic heterocycles. The van der Waals surface area contributed by atoms with Gasteiger partial charge in [0.05, 0.1) is 11.7 Å². The van der Waals surface area contributed by atoms with Crippen molar-refractivity contribution in [2.24, 2.45) is 0 Å². The summed E-state index contributed by atoms with van der Waals surface area (Å²) in [7, 11) is 0. The van der Waals surface area contributed by atoms with Crippen molar-refractivity contribution in [1.82, 2.24) is 10.3 Å². The van der Waals surface area contributed by atoms with Crippen LogP contribution in [-0.4, -0.2) is 11.0 Å². The van der Waals surface area contributed by atoms with Crippen molar-refractivity contribution >= 4 is 33.5 Å². The van der Waals surface area contributed by atoms with E-state index in [0.717, 1.165) is 33.2 Å². The van der Waals surface area contributed by atoms with Crippen molar-refractivity contribution in [2.45, 2.75) is 13.0 Å². The van der Waals surface area contributed by atoms with Crippen molar-refractivity contribution in [3.63, 3.8) is 0 Å². The Bertz CT molecular complexity index is 1020. The molecule has 0 radical (unpaired) electrons. The lowest BCUT2D eigenvalue weighted by Gasteiger charge is -2.13. The highest BCUT2D eigenvalue weighted by Crippen LogP contribution is 2.25. The summed E-state index contributed by atoms with van der Waals surface area (Å²) in [4.78, 5) is 16.5. The first-order chi connectivity index (χ1) is 12.2. The summed E-state index contributed by atoms with van der Waals surface area (Å²) in [6, 6.07) is 16.8. The minimum Gasteiger partial charge on any atom is -0.459 e. The van der Waals surface area contributed by atoms with Crippen LogP contribution in [0.3, 0.4) is 0 Å². The van der Waals surface area contributed by atoms with Gasteiger partial charge in [-0.1, -0.05) is 30.3 Å². The Kier molecular flexibility index (Phi) is 3.82. The molecule has 0 bridgehead atoms. The van der Waals surface area contributed by atoms with E-state index in [-0.39, 0.29) is 12.1 Å². The summed E-state index contributed by atoms with van der Waals surface area (Å²) < 4.78 is 5.80. The van der Waals surface area contributed by atoms with Crippen LogP contribution in [0.4, 0.5) is 10.5 Å². The van der Waals surface area contributed by atoms with Crippen molar-refractivity contribution in [2.75, 3.05) is 5.32 Å². The smallest absolute Gasteiger partial charge is 0.319 e. The summed E-state index contributed by atoms with van der Waals surface area (Å²) in [5.74, 6) is 0.721. The van der Waals surface area contributed by atoms with Gasteiger partial charge in [-0.2, -0.15) is 0 Å². The van der Waals surface area contributed by atoms with Gasteiger partial charge in [-0.25, -0.2) is 4.79 Å². The maximum Gasteiger partial charge on any atom is 0.319 e. The van der Waals surface area contributed by atoms with Gasteiger partial charge < -0.3 is 15.1 Å². The fourth-order valence-corrected chi connectivity index (χ4v) is 2.87. The van der Waals surface area contributed by atoms with E-state index in [0.29, 0.717) is 0 Å². The van der Waals surface area contributed by atoms with E-state index in [1.54, 1.807) is 12.4 Å². The molecular weight excluding hydrogens is 314 g/mol. The van der Waals surface area contributed by atoms with Crippen molar-refractivity contribution < 1.29 is 9.21 Å². The number of carbonyl (C=O) groups excluding carboxylic acids is 1. The SMILES string of the molecule is CC(NC(=O)Nc1cccc2cnccc12)c1cc2ccccc2o1. The Labute approximate surface area is 144 Å². The highest BCUT2D eigenvalue weighted by atomic mass is 16.3. The summed E-state index contributed by atoms with van der Waals surface area (Å²) in [6.07, 6.45) is 3.48. The number of nitrogens with one attached hydrogen (secondary N) is 2. The third-order valence-corrected chi connectivity index (χ3v) is 4.15. The highest BCUT2D eigenvalue weighted by molar-refractivity contribution is 6.01. The molecule has 5 nitrogen and oxygen atoms in total. The molecule has 0 fully saturated rings. The van der Waals surface area contributed by atoms with Crippen LogP contribution >= 0.6 is 0 Å². The Morgan fingerprint density at radius 2 is 1.92 bits per heavy atom. The number of nitrogens with zero attached hydrogens (tertiary/aromatic N) is 1. The van der Waals surface area contributed by atoms with Crippen LogP contribution in [-0.2, 0) is 0 Å². The Balaban J connectivity index is 1.51. The second-order valence-electron chi connectivity index (χ2n) is 5.91. The third-order valence-electron chi connectivity index (χ3n) is 4.15. The number of hydrogen-bond acceptors (Lipinski definition) is 3. The minimum atomic E-state index is -0.280. The van der Waals surface area contributed by atoms with Gasteiger partial charge in [-0.05, 0) is 31.2 Å². The number of benzene rings is 2. The van der Waals surface area contributed by atoms with E-state index < -0.39 is 0 Å². The first kappa shape index (κ1) is 15.2. The molecule has 4 rings (SSSR count). The van der Waals surface area contributed by atoms with E-state index in [1.165, 1.54) is 0 Å². The predicted octanol–water partition coefficient (Wildman–Crippen LogP) is 4.86. The topological polar surface area (TPSA) is 67.2 Å². The number of pyridine rings is 1. The van der Waals surface area contributed by atoms with Crippen LogP contribution in [0.2, 0.25) is 0 Å². The van der Waals surface area contributed by atoms with E-state index in [9.17, 15) is 4.79 Å². The first-order valence-electron chi connectivity index (χ1n) is 8.09. The molecule has 1 unspecified atom stereocenters. The molecule has 0 aliphatic carbocycles. The zero-order valence-corrected chi connectivity index (χ0v) is 13.7. The summed E-state index contributed by atoms with van der Waals surface area (Å²) in [5, 5.41) is 8.76. The van der Waals surface area contributed by atoms with E-state index in [1.807, 2.05) is 61.5 Å². The fraction of sp³-hybridized carbons (Fsp3) is 0.100. The number of urea groups is 1. The summed E-state index contributed by atoms with van der Waals surface area (Å²) >= 11 is 0. The number of furan rings is 1. The second-order valence-corrected chi connectivity index (χ2v) is 5.91. The molecule has 25 heavy (non-hydrogen) atoms. The standard InChI is InChI=1S/C20H17N3O2/c1-13(19-11-14-5-2-3-8-18(14)25-19)22-20(24)23-17-7-4-6-15-12-21-10-9-16(15)17/h2-13H,1H3,(H2,22,23,24). The van der Waals surface area contributed by atoms with Crippen LogP contribution < -0.4 is 10.6 Å². The van der Waals surface area contributed by atoms with Gasteiger partial charge in [0.25, 0.3) is 0 Å². The van der Waals surface area contributed by atoms with Gasteiger partial charge in [0.2, 0.25) is 0 Å². The number of rotatable bonds is 3. The summed E-state index contributed by atoms with van der Waals surface area (Å²) in [5.41, 5.74) is 1.56. The zero-order valence-electron chi connectivity index (χ0n) is 13.7. The second kappa shape index (κ2) is 6.28. The van der Waals surface area contributed by atoms with E-state index >= 15 is 0 Å². The van der Waals surface area contributed by atoms with Crippen molar-refractivity contribution in [3.8, 4) is 0 Å². The molecule has 0 saturated heterocycles. The number of hydrogen-bond donors (Lipinski definition) is 2. The van der Waals surface area contributed by atoms with Gasteiger partial charge >= 0.3 is 6.03 Å². The molecule has 4 aromatic rings. The summed E-state index contributed by atoms with van der Waals surface area (Å²) in [6.45, 7) is 1.89. The number of anilines is 1. The first-order valence-corrected chi connectivity index (χ1v) is 8.09. The van der Waals surface area contributed by atoms with Crippen LogP contribution in [0.1, 0.15) is 18.7 Å². The van der Waals surface area contributed by atoms with Crippen LogP contribution in [0.15, 0.2) is 71.4 Å². The molecule has 0 aliphatic heterocycles. The van der Waals surface area contributed by atoms with Gasteiger partial charge in [0, 0.05) is 28.6 Å². The van der Waals surface area contributed by atoms with Gasteiger partial charge in [0.1, 0.15) is 11.3 Å². The normalized spacial score (nSPS) is 12.2. The number of carbonyl (C=O) groups is 1. The van der Waals surface area contributed by atoms with E-state index in [2.05, 4.69) is 15.6 Å². The number of fused-ring (bicyclic) bond motifs is 2. The number of amides is 2. The molecule has 5 heteroatoms. The monoisotopic (exact) mass is 331 g/mol. The quantitative estimate of drug-likeness (QED) is 0.563. The fourth-order valence-electron chi connectivity index (χ4n) is 2.87. The zero-order chi connectivity index (χ0) is 17.2. The molecule has 1 atom stereocenters. The van der Waals surface area contributed by atoms with Crippen LogP contribution in [0.5, 0.6) is 0 Å². The molecule has 2 N–H and O–H groups in total. The lowest BCUT2D eigenvalue weighted by Crippen LogP contribution is -2.31. The van der Waals surface area contributed by atoms with E-state index in [4.69, 9.17) is 4.42 Å². The lowest BCUT2D eigenvalue weighted by molar-refractivity contribution is 0.248. The highest BCUT2D eigenvalue weighted by Gasteiger charge is 2.14. The number of aromatic nitrogens is 1. The molecule has 2 aromatic carbocycles.